The van der Waals surface area contributed by atoms with Crippen molar-refractivity contribution in [1.82, 2.24) is 9.88 Å². The van der Waals surface area contributed by atoms with Gasteiger partial charge in [0.2, 0.25) is 0 Å². The lowest BCUT2D eigenvalue weighted by Crippen LogP contribution is -2.35. The fourth-order valence-corrected chi connectivity index (χ4v) is 2.28. The molecule has 4 nitrogen and oxygen atoms in total. The van der Waals surface area contributed by atoms with Crippen LogP contribution in [0.15, 0.2) is 24.5 Å². The minimum absolute atomic E-state index is 0.271. The average molecular weight is 236 g/mol. The van der Waals surface area contributed by atoms with Crippen LogP contribution in [-0.2, 0) is 0 Å². The number of ether oxygens (including phenoxy) is 1. The molecular weight excluding hydrogens is 216 g/mol. The highest BCUT2D eigenvalue weighted by molar-refractivity contribution is 5.15. The molecule has 0 saturated carbocycles. The Kier molecular flexibility index (Phi) is 4.76. The van der Waals surface area contributed by atoms with Gasteiger partial charge in [0.15, 0.2) is 0 Å². The maximum atomic E-state index is 8.85. The molecule has 0 unspecified atom stereocenters. The van der Waals surface area contributed by atoms with Gasteiger partial charge in [0.25, 0.3) is 0 Å². The Bertz CT molecular complexity index is 318. The number of hydrogen-bond donors (Lipinski definition) is 1. The van der Waals surface area contributed by atoms with Crippen LogP contribution in [0.2, 0.25) is 0 Å². The van der Waals surface area contributed by atoms with Gasteiger partial charge in [-0.15, -0.1) is 0 Å². The van der Waals surface area contributed by atoms with Crippen molar-refractivity contribution in [2.24, 2.45) is 0 Å². The monoisotopic (exact) mass is 236 g/mol. The van der Waals surface area contributed by atoms with Gasteiger partial charge in [0.05, 0.1) is 6.20 Å². The van der Waals surface area contributed by atoms with Crippen LogP contribution in [0.25, 0.3) is 0 Å². The smallest absolute Gasteiger partial charge is 0.137 e. The maximum Gasteiger partial charge on any atom is 0.137 e. The summed E-state index contributed by atoms with van der Waals surface area (Å²) in [7, 11) is 0. The number of hydrogen-bond acceptors (Lipinski definition) is 4. The predicted octanol–water partition coefficient (Wildman–Crippen LogP) is 1.31. The topological polar surface area (TPSA) is 45.6 Å². The molecule has 1 aliphatic heterocycles. The lowest BCUT2D eigenvalue weighted by Gasteiger charge is -2.24. The predicted molar refractivity (Wildman–Crippen MR) is 66.0 cm³/mol. The van der Waals surface area contributed by atoms with E-state index in [0.717, 1.165) is 31.9 Å². The Hall–Kier alpha value is -1.13. The van der Waals surface area contributed by atoms with Crippen molar-refractivity contribution in [3.05, 3.63) is 24.5 Å². The highest BCUT2D eigenvalue weighted by Gasteiger charge is 2.24. The third kappa shape index (κ3) is 3.68. The third-order valence-electron chi connectivity index (χ3n) is 3.18. The van der Waals surface area contributed by atoms with Gasteiger partial charge in [0.1, 0.15) is 12.4 Å². The summed E-state index contributed by atoms with van der Waals surface area (Å²) in [5.41, 5.74) is 0. The lowest BCUT2D eigenvalue weighted by atomic mass is 10.2. The highest BCUT2D eigenvalue weighted by atomic mass is 16.5. The Labute approximate surface area is 102 Å². The summed E-state index contributed by atoms with van der Waals surface area (Å²) in [4.78, 5) is 6.44. The van der Waals surface area contributed by atoms with Crippen molar-refractivity contribution in [3.8, 4) is 5.75 Å². The number of nitrogens with zero attached hydrogens (tertiary/aromatic N) is 2. The van der Waals surface area contributed by atoms with Crippen molar-refractivity contribution < 1.29 is 9.84 Å². The van der Waals surface area contributed by atoms with Gasteiger partial charge in [0, 0.05) is 25.4 Å². The van der Waals surface area contributed by atoms with Gasteiger partial charge in [-0.05, 0) is 37.9 Å². The summed E-state index contributed by atoms with van der Waals surface area (Å²) in [5.74, 6) is 0.835. The quantitative estimate of drug-likeness (QED) is 0.809. The highest BCUT2D eigenvalue weighted by Crippen LogP contribution is 2.18. The molecule has 1 aromatic rings. The first-order valence-corrected chi connectivity index (χ1v) is 6.28. The van der Waals surface area contributed by atoms with Crippen LogP contribution in [0.4, 0.5) is 0 Å². The fraction of sp³-hybridized carbons (Fsp3) is 0.615. The van der Waals surface area contributed by atoms with E-state index in [1.54, 1.807) is 12.4 Å². The van der Waals surface area contributed by atoms with E-state index in [4.69, 9.17) is 9.84 Å². The molecule has 4 heteroatoms. The van der Waals surface area contributed by atoms with E-state index < -0.39 is 0 Å². The second-order valence-corrected chi connectivity index (χ2v) is 4.41. The molecule has 2 rings (SSSR count). The van der Waals surface area contributed by atoms with Crippen molar-refractivity contribution >= 4 is 0 Å². The number of rotatable bonds is 6. The molecule has 0 radical (unpaired) electrons. The van der Waals surface area contributed by atoms with Crippen molar-refractivity contribution in [2.45, 2.75) is 25.3 Å². The van der Waals surface area contributed by atoms with E-state index in [2.05, 4.69) is 9.88 Å². The van der Waals surface area contributed by atoms with Gasteiger partial charge in [-0.1, -0.05) is 0 Å². The zero-order valence-electron chi connectivity index (χ0n) is 10.1. The Morgan fingerprint density at radius 1 is 1.53 bits per heavy atom. The molecule has 0 amide bonds. The zero-order valence-corrected chi connectivity index (χ0v) is 10.1. The number of aliphatic hydroxyl groups is 1. The normalized spacial score (nSPS) is 20.6. The fourth-order valence-electron chi connectivity index (χ4n) is 2.28. The van der Waals surface area contributed by atoms with E-state index in [0.29, 0.717) is 6.04 Å². The van der Waals surface area contributed by atoms with Crippen LogP contribution in [0.5, 0.6) is 5.75 Å². The SMILES string of the molecule is OCCCN1CCC[C@H]1COc1cccnc1. The van der Waals surface area contributed by atoms with Gasteiger partial charge in [-0.2, -0.15) is 0 Å². The molecule has 1 aromatic heterocycles. The van der Waals surface area contributed by atoms with Crippen LogP contribution in [0.3, 0.4) is 0 Å². The molecule has 0 aromatic carbocycles. The van der Waals surface area contributed by atoms with E-state index in [9.17, 15) is 0 Å². The molecule has 17 heavy (non-hydrogen) atoms. The molecule has 2 heterocycles. The van der Waals surface area contributed by atoms with Crippen LogP contribution in [-0.4, -0.2) is 47.3 Å². The first kappa shape index (κ1) is 12.3. The number of pyridine rings is 1. The summed E-state index contributed by atoms with van der Waals surface area (Å²) in [6, 6.07) is 4.30. The summed E-state index contributed by atoms with van der Waals surface area (Å²) >= 11 is 0. The van der Waals surface area contributed by atoms with E-state index in [1.165, 1.54) is 12.8 Å². The van der Waals surface area contributed by atoms with Crippen LogP contribution >= 0.6 is 0 Å². The zero-order chi connectivity index (χ0) is 11.9. The first-order chi connectivity index (χ1) is 8.40. The summed E-state index contributed by atoms with van der Waals surface area (Å²) < 4.78 is 5.73. The van der Waals surface area contributed by atoms with E-state index >= 15 is 0 Å². The minimum atomic E-state index is 0.271. The largest absolute Gasteiger partial charge is 0.490 e. The molecule has 1 atom stereocenters. The molecule has 0 aliphatic carbocycles. The van der Waals surface area contributed by atoms with Gasteiger partial charge >= 0.3 is 0 Å². The Balaban J connectivity index is 1.78. The summed E-state index contributed by atoms with van der Waals surface area (Å²) in [6.07, 6.45) is 6.75. The molecular formula is C13H20N2O2. The third-order valence-corrected chi connectivity index (χ3v) is 3.18. The summed E-state index contributed by atoms with van der Waals surface area (Å²) in [5, 5.41) is 8.85. The van der Waals surface area contributed by atoms with E-state index in [1.807, 2.05) is 12.1 Å². The second kappa shape index (κ2) is 6.57. The number of aromatic nitrogens is 1. The van der Waals surface area contributed by atoms with Crippen molar-refractivity contribution in [2.75, 3.05) is 26.3 Å². The summed E-state index contributed by atoms with van der Waals surface area (Å²) in [6.45, 7) is 3.09. The maximum absolute atomic E-state index is 8.85. The van der Waals surface area contributed by atoms with Crippen molar-refractivity contribution in [3.63, 3.8) is 0 Å². The lowest BCUT2D eigenvalue weighted by molar-refractivity contribution is 0.159. The van der Waals surface area contributed by atoms with Gasteiger partial charge in [-0.3, -0.25) is 9.88 Å². The van der Waals surface area contributed by atoms with Crippen molar-refractivity contribution in [1.29, 1.82) is 0 Å². The second-order valence-electron chi connectivity index (χ2n) is 4.41. The molecule has 1 fully saturated rings. The molecule has 0 spiro atoms. The molecule has 0 bridgehead atoms. The molecule has 1 saturated heterocycles. The van der Waals surface area contributed by atoms with Crippen LogP contribution in [0.1, 0.15) is 19.3 Å². The standard InChI is InChI=1S/C13H20N2O2/c16-9-3-8-15-7-2-4-12(15)11-17-13-5-1-6-14-10-13/h1,5-6,10,12,16H,2-4,7-9,11H2/t12-/m0/s1. The first-order valence-electron chi connectivity index (χ1n) is 6.28. The molecule has 94 valence electrons. The van der Waals surface area contributed by atoms with Crippen LogP contribution in [0, 0.1) is 0 Å². The van der Waals surface area contributed by atoms with E-state index in [-0.39, 0.29) is 6.61 Å². The molecule has 1 aliphatic rings. The van der Waals surface area contributed by atoms with Crippen LogP contribution < -0.4 is 4.74 Å². The number of likely N-dealkylation sites (tertiary alicyclic amines) is 1. The Morgan fingerprint density at radius 3 is 3.24 bits per heavy atom. The average Bonchev–Trinajstić information content (AvgIpc) is 2.82. The van der Waals surface area contributed by atoms with Gasteiger partial charge < -0.3 is 9.84 Å². The van der Waals surface area contributed by atoms with Gasteiger partial charge in [-0.25, -0.2) is 0 Å². The Morgan fingerprint density at radius 2 is 2.47 bits per heavy atom. The molecule has 1 N–H and O–H groups in total. The number of aliphatic hydroxyl groups excluding tert-OH is 1. The minimum Gasteiger partial charge on any atom is -0.490 e.